The van der Waals surface area contributed by atoms with Gasteiger partial charge in [-0.2, -0.15) is 13.2 Å². The maximum absolute atomic E-state index is 12.5. The molecular weight excluding hydrogens is 235 g/mol. The molecule has 0 aromatic heterocycles. The van der Waals surface area contributed by atoms with E-state index in [0.29, 0.717) is 4.90 Å². The summed E-state index contributed by atoms with van der Waals surface area (Å²) >= 11 is 0. The van der Waals surface area contributed by atoms with Crippen molar-refractivity contribution in [2.45, 2.75) is 25.1 Å². The number of alkyl halides is 5. The molecule has 0 spiro atoms. The van der Waals surface area contributed by atoms with Gasteiger partial charge in [0.2, 0.25) is 0 Å². The lowest BCUT2D eigenvalue weighted by Crippen LogP contribution is -2.49. The minimum atomic E-state index is -4.62. The Labute approximate surface area is 90.0 Å². The Bertz CT molecular complexity index is 188. The van der Waals surface area contributed by atoms with Crippen LogP contribution in [0.25, 0.3) is 0 Å². The normalized spacial score (nSPS) is 14.8. The lowest BCUT2D eigenvalue weighted by atomic mass is 10.1. The molecule has 0 rings (SSSR count). The summed E-state index contributed by atoms with van der Waals surface area (Å²) in [5.41, 5.74) is 5.01. The van der Waals surface area contributed by atoms with Gasteiger partial charge in [0.15, 0.2) is 0 Å². The maximum atomic E-state index is 12.5. The minimum absolute atomic E-state index is 0.255. The van der Waals surface area contributed by atoms with Crippen molar-refractivity contribution in [1.29, 1.82) is 0 Å². The fraction of sp³-hybridized carbons (Fsp3) is 1.00. The average Bonchev–Trinajstić information content (AvgIpc) is 2.11. The van der Waals surface area contributed by atoms with Crippen LogP contribution in [-0.4, -0.2) is 54.9 Å². The van der Waals surface area contributed by atoms with Gasteiger partial charge in [0.1, 0.15) is 6.04 Å². The summed E-state index contributed by atoms with van der Waals surface area (Å²) in [5, 5.41) is 8.55. The molecule has 16 heavy (non-hydrogen) atoms. The van der Waals surface area contributed by atoms with Gasteiger partial charge in [-0.05, 0) is 13.0 Å². The Morgan fingerprint density at radius 2 is 1.81 bits per heavy atom. The van der Waals surface area contributed by atoms with E-state index in [4.69, 9.17) is 10.8 Å². The first kappa shape index (κ1) is 15.5. The predicted molar refractivity (Wildman–Crippen MR) is 48.2 cm³/mol. The zero-order valence-electron chi connectivity index (χ0n) is 8.55. The first-order chi connectivity index (χ1) is 7.32. The van der Waals surface area contributed by atoms with Crippen LogP contribution in [0.5, 0.6) is 0 Å². The molecule has 8 heteroatoms. The van der Waals surface area contributed by atoms with Crippen LogP contribution in [0.4, 0.5) is 22.0 Å². The average molecular weight is 250 g/mol. The quantitative estimate of drug-likeness (QED) is 0.658. The molecule has 0 amide bonds. The molecular formula is C8H15F5N2O. The molecule has 0 aromatic rings. The first-order valence-corrected chi connectivity index (χ1v) is 4.72. The number of halogens is 5. The molecule has 0 radical (unpaired) electrons. The molecule has 0 aliphatic carbocycles. The van der Waals surface area contributed by atoms with E-state index in [1.54, 1.807) is 0 Å². The number of aliphatic hydroxyl groups is 1. The largest absolute Gasteiger partial charge is 0.404 e. The summed E-state index contributed by atoms with van der Waals surface area (Å²) in [6.07, 6.45) is -7.96. The van der Waals surface area contributed by atoms with E-state index in [2.05, 4.69) is 0 Å². The lowest BCUT2D eigenvalue weighted by Gasteiger charge is -2.32. The second-order valence-electron chi connectivity index (χ2n) is 3.24. The Balaban J connectivity index is 4.65. The highest BCUT2D eigenvalue weighted by atomic mass is 19.4. The van der Waals surface area contributed by atoms with Gasteiger partial charge in [-0.3, -0.25) is 4.90 Å². The third-order valence-corrected chi connectivity index (χ3v) is 2.02. The van der Waals surface area contributed by atoms with Crippen LogP contribution >= 0.6 is 0 Å². The van der Waals surface area contributed by atoms with Gasteiger partial charge >= 0.3 is 6.18 Å². The van der Waals surface area contributed by atoms with Gasteiger partial charge in [0.25, 0.3) is 6.43 Å². The highest BCUT2D eigenvalue weighted by Crippen LogP contribution is 2.27. The second-order valence-corrected chi connectivity index (χ2v) is 3.24. The van der Waals surface area contributed by atoms with Gasteiger partial charge in [-0.15, -0.1) is 0 Å². The molecule has 1 atom stereocenters. The van der Waals surface area contributed by atoms with Crippen molar-refractivity contribution in [3.8, 4) is 0 Å². The van der Waals surface area contributed by atoms with Crippen LogP contribution in [0, 0.1) is 0 Å². The minimum Gasteiger partial charge on any atom is -0.395 e. The molecule has 0 fully saturated rings. The van der Waals surface area contributed by atoms with Crippen LogP contribution in [0.15, 0.2) is 0 Å². The number of nitrogens with zero attached hydrogens (tertiary/aromatic N) is 1. The Hall–Kier alpha value is -0.470. The second kappa shape index (κ2) is 6.97. The lowest BCUT2D eigenvalue weighted by molar-refractivity contribution is -0.189. The summed E-state index contributed by atoms with van der Waals surface area (Å²) < 4.78 is 61.7. The van der Waals surface area contributed by atoms with Gasteiger partial charge in [0.05, 0.1) is 13.2 Å². The third kappa shape index (κ3) is 5.57. The molecule has 3 nitrogen and oxygen atoms in total. The van der Waals surface area contributed by atoms with Gasteiger partial charge in [0, 0.05) is 6.54 Å². The summed E-state index contributed by atoms with van der Waals surface area (Å²) in [4.78, 5) is 0.511. The van der Waals surface area contributed by atoms with Crippen LogP contribution in [0.1, 0.15) is 6.42 Å². The number of hydrogen-bond acceptors (Lipinski definition) is 3. The van der Waals surface area contributed by atoms with Crippen LogP contribution in [0.2, 0.25) is 0 Å². The third-order valence-electron chi connectivity index (χ3n) is 2.02. The summed E-state index contributed by atoms with van der Waals surface area (Å²) in [6.45, 7) is -2.33. The molecule has 98 valence electrons. The van der Waals surface area contributed by atoms with Crippen molar-refractivity contribution in [3.63, 3.8) is 0 Å². The summed E-state index contributed by atoms with van der Waals surface area (Å²) in [7, 11) is 0. The molecule has 0 aliphatic rings. The fourth-order valence-corrected chi connectivity index (χ4v) is 1.39. The Kier molecular flexibility index (Phi) is 6.77. The maximum Gasteiger partial charge on any atom is 0.404 e. The van der Waals surface area contributed by atoms with Crippen molar-refractivity contribution >= 4 is 0 Å². The number of hydrogen-bond donors (Lipinski definition) is 2. The molecule has 0 aromatic carbocycles. The fourth-order valence-electron chi connectivity index (χ4n) is 1.39. The van der Waals surface area contributed by atoms with E-state index in [1.807, 2.05) is 0 Å². The molecule has 0 saturated heterocycles. The summed E-state index contributed by atoms with van der Waals surface area (Å²) in [5.74, 6) is 0. The number of aliphatic hydroxyl groups excluding tert-OH is 1. The standard InChI is InChI=1S/C8H15F5N2O/c9-7(10)5-15(3-4-16)6(1-2-14)8(11,12)13/h6-7,16H,1-5,14H2. The molecule has 3 N–H and O–H groups in total. The topological polar surface area (TPSA) is 49.5 Å². The van der Waals surface area contributed by atoms with Gasteiger partial charge in [-0.1, -0.05) is 0 Å². The van der Waals surface area contributed by atoms with Crippen LogP contribution in [0.3, 0.4) is 0 Å². The molecule has 0 aliphatic heterocycles. The van der Waals surface area contributed by atoms with E-state index < -0.39 is 44.8 Å². The van der Waals surface area contributed by atoms with E-state index in [-0.39, 0.29) is 6.54 Å². The highest BCUT2D eigenvalue weighted by molar-refractivity contribution is 4.79. The highest BCUT2D eigenvalue weighted by Gasteiger charge is 2.43. The van der Waals surface area contributed by atoms with Crippen molar-refractivity contribution in [2.75, 3.05) is 26.2 Å². The SMILES string of the molecule is NCCC(N(CCO)CC(F)F)C(F)(F)F. The van der Waals surface area contributed by atoms with E-state index >= 15 is 0 Å². The molecule has 0 bridgehead atoms. The zero-order chi connectivity index (χ0) is 12.8. The van der Waals surface area contributed by atoms with Crippen molar-refractivity contribution < 1.29 is 27.1 Å². The van der Waals surface area contributed by atoms with E-state index in [9.17, 15) is 22.0 Å². The van der Waals surface area contributed by atoms with Gasteiger partial charge < -0.3 is 10.8 Å². The van der Waals surface area contributed by atoms with Gasteiger partial charge in [-0.25, -0.2) is 8.78 Å². The Morgan fingerprint density at radius 3 is 2.12 bits per heavy atom. The smallest absolute Gasteiger partial charge is 0.395 e. The monoisotopic (exact) mass is 250 g/mol. The molecule has 0 saturated carbocycles. The van der Waals surface area contributed by atoms with E-state index in [0.717, 1.165) is 0 Å². The van der Waals surface area contributed by atoms with Crippen molar-refractivity contribution in [2.24, 2.45) is 5.73 Å². The number of nitrogens with two attached hydrogens (primary N) is 1. The molecule has 1 unspecified atom stereocenters. The van der Waals surface area contributed by atoms with Crippen molar-refractivity contribution in [1.82, 2.24) is 4.90 Å². The predicted octanol–water partition coefficient (Wildman–Crippen LogP) is 0.826. The number of rotatable bonds is 7. The zero-order valence-corrected chi connectivity index (χ0v) is 8.55. The van der Waals surface area contributed by atoms with E-state index in [1.165, 1.54) is 0 Å². The summed E-state index contributed by atoms with van der Waals surface area (Å²) in [6, 6.07) is -2.03. The van der Waals surface area contributed by atoms with Crippen molar-refractivity contribution in [3.05, 3.63) is 0 Å². The van der Waals surface area contributed by atoms with Crippen LogP contribution in [-0.2, 0) is 0 Å². The molecule has 0 heterocycles. The first-order valence-electron chi connectivity index (χ1n) is 4.72. The Morgan fingerprint density at radius 1 is 1.25 bits per heavy atom. The van der Waals surface area contributed by atoms with Crippen LogP contribution < -0.4 is 5.73 Å².